The Kier molecular flexibility index (Phi) is 3.12. The first-order chi connectivity index (χ1) is 13.4. The van der Waals surface area contributed by atoms with Gasteiger partial charge in [0.15, 0.2) is 0 Å². The first kappa shape index (κ1) is 14.9. The van der Waals surface area contributed by atoms with E-state index in [9.17, 15) is 0 Å². The maximum absolute atomic E-state index is 5.05. The highest BCUT2D eigenvalue weighted by molar-refractivity contribution is 6.03. The van der Waals surface area contributed by atoms with Gasteiger partial charge in [0.05, 0.1) is 27.9 Å². The van der Waals surface area contributed by atoms with Gasteiger partial charge in [0.1, 0.15) is 0 Å². The van der Waals surface area contributed by atoms with Crippen LogP contribution in [0, 0.1) is 0 Å². The topological polar surface area (TPSA) is 30.2 Å². The van der Waals surface area contributed by atoms with Gasteiger partial charge in [-0.25, -0.2) is 9.50 Å². The maximum atomic E-state index is 5.05. The van der Waals surface area contributed by atoms with Crippen LogP contribution in [0.1, 0.15) is 24.1 Å². The van der Waals surface area contributed by atoms with E-state index in [1.54, 1.807) is 0 Å². The van der Waals surface area contributed by atoms with E-state index in [4.69, 9.17) is 10.1 Å². The molecule has 0 N–H and O–H groups in total. The molecule has 27 heavy (non-hydrogen) atoms. The summed E-state index contributed by atoms with van der Waals surface area (Å²) in [6.45, 7) is 0. The van der Waals surface area contributed by atoms with Crippen LogP contribution < -0.4 is 0 Å². The standard InChI is InChI=1S/C24H19N3/c1-2-8-16(9-3-1)23-15-22-19(14-17-10-4-6-12-20(17)25-22)24-18-11-5-7-13-21(18)26-27(23)24/h1-4,6,8-10,12,14-15H,5,7,11,13H2. The zero-order valence-corrected chi connectivity index (χ0v) is 15.0. The summed E-state index contributed by atoms with van der Waals surface area (Å²) in [7, 11) is 0. The molecule has 130 valence electrons. The molecule has 0 aliphatic heterocycles. The summed E-state index contributed by atoms with van der Waals surface area (Å²) in [5.41, 5.74) is 8.32. The number of benzene rings is 2. The molecule has 3 heteroatoms. The number of hydrogen-bond acceptors (Lipinski definition) is 2. The lowest BCUT2D eigenvalue weighted by molar-refractivity contribution is 0.673. The molecule has 1 aliphatic rings. The highest BCUT2D eigenvalue weighted by atomic mass is 15.2. The van der Waals surface area contributed by atoms with Crippen molar-refractivity contribution in [2.75, 3.05) is 0 Å². The maximum Gasteiger partial charge on any atom is 0.0798 e. The molecule has 3 heterocycles. The Morgan fingerprint density at radius 3 is 2.52 bits per heavy atom. The first-order valence-corrected chi connectivity index (χ1v) is 9.67. The lowest BCUT2D eigenvalue weighted by Crippen LogP contribution is -2.00. The lowest BCUT2D eigenvalue weighted by Gasteiger charge is -2.12. The van der Waals surface area contributed by atoms with Crippen molar-refractivity contribution in [3.63, 3.8) is 0 Å². The van der Waals surface area contributed by atoms with Crippen LogP contribution in [-0.4, -0.2) is 14.6 Å². The second-order valence-corrected chi connectivity index (χ2v) is 7.40. The van der Waals surface area contributed by atoms with Crippen molar-refractivity contribution in [3.8, 4) is 11.3 Å². The van der Waals surface area contributed by atoms with Crippen LogP contribution in [-0.2, 0) is 12.8 Å². The largest absolute Gasteiger partial charge is 0.248 e. The third-order valence-electron chi connectivity index (χ3n) is 5.74. The molecule has 0 saturated heterocycles. The van der Waals surface area contributed by atoms with Crippen molar-refractivity contribution in [2.24, 2.45) is 0 Å². The molecule has 0 radical (unpaired) electrons. The highest BCUT2D eigenvalue weighted by Gasteiger charge is 2.21. The fraction of sp³-hybridized carbons (Fsp3) is 0.167. The number of rotatable bonds is 1. The summed E-state index contributed by atoms with van der Waals surface area (Å²) < 4.78 is 2.17. The number of pyridine rings is 2. The molecule has 3 nitrogen and oxygen atoms in total. The highest BCUT2D eigenvalue weighted by Crippen LogP contribution is 2.35. The minimum atomic E-state index is 1.04. The molecule has 2 aromatic carbocycles. The monoisotopic (exact) mass is 349 g/mol. The number of nitrogens with zero attached hydrogens (tertiary/aromatic N) is 3. The Balaban J connectivity index is 1.81. The zero-order valence-electron chi connectivity index (χ0n) is 15.0. The molecule has 3 aromatic heterocycles. The minimum Gasteiger partial charge on any atom is -0.248 e. The van der Waals surface area contributed by atoms with Crippen LogP contribution in [0.15, 0.2) is 66.7 Å². The van der Waals surface area contributed by atoms with Crippen LogP contribution >= 0.6 is 0 Å². The molecule has 0 fully saturated rings. The zero-order chi connectivity index (χ0) is 17.8. The Bertz CT molecular complexity index is 1320. The average Bonchev–Trinajstić information content (AvgIpc) is 3.12. The van der Waals surface area contributed by atoms with Crippen molar-refractivity contribution in [3.05, 3.63) is 78.0 Å². The molecule has 5 aromatic rings. The second kappa shape index (κ2) is 5.65. The van der Waals surface area contributed by atoms with Crippen LogP contribution in [0.2, 0.25) is 0 Å². The molecule has 0 bridgehead atoms. The molecular weight excluding hydrogens is 330 g/mol. The third-order valence-corrected chi connectivity index (χ3v) is 5.74. The Labute approximate surface area is 157 Å². The Morgan fingerprint density at radius 2 is 1.59 bits per heavy atom. The van der Waals surface area contributed by atoms with E-state index in [0.29, 0.717) is 0 Å². The van der Waals surface area contributed by atoms with Gasteiger partial charge in [0, 0.05) is 21.9 Å². The van der Waals surface area contributed by atoms with Crippen LogP contribution in [0.4, 0.5) is 0 Å². The summed E-state index contributed by atoms with van der Waals surface area (Å²) >= 11 is 0. The van der Waals surface area contributed by atoms with Crippen molar-refractivity contribution in [1.29, 1.82) is 0 Å². The van der Waals surface area contributed by atoms with Crippen LogP contribution in [0.25, 0.3) is 38.6 Å². The molecule has 0 saturated carbocycles. The third kappa shape index (κ3) is 2.21. The van der Waals surface area contributed by atoms with Gasteiger partial charge in [-0.1, -0.05) is 48.5 Å². The van der Waals surface area contributed by atoms with Crippen LogP contribution in [0.3, 0.4) is 0 Å². The normalized spacial score (nSPS) is 14.1. The predicted octanol–water partition coefficient (Wildman–Crippen LogP) is 5.58. The molecule has 0 amide bonds. The summed E-state index contributed by atoms with van der Waals surface area (Å²) in [4.78, 5) is 5.00. The Hall–Kier alpha value is -3.20. The van der Waals surface area contributed by atoms with Gasteiger partial charge in [-0.3, -0.25) is 0 Å². The van der Waals surface area contributed by atoms with E-state index < -0.39 is 0 Å². The molecule has 1 aliphatic carbocycles. The van der Waals surface area contributed by atoms with E-state index in [1.807, 2.05) is 0 Å². The smallest absolute Gasteiger partial charge is 0.0798 e. The minimum absolute atomic E-state index is 1.04. The number of aromatic nitrogens is 3. The molecule has 0 spiro atoms. The number of para-hydroxylation sites is 1. The van der Waals surface area contributed by atoms with Crippen molar-refractivity contribution in [1.82, 2.24) is 14.6 Å². The van der Waals surface area contributed by atoms with Crippen LogP contribution in [0.5, 0.6) is 0 Å². The summed E-state index contributed by atoms with van der Waals surface area (Å²) in [6, 6.07) is 23.4. The fourth-order valence-electron chi connectivity index (χ4n) is 4.44. The van der Waals surface area contributed by atoms with Crippen molar-refractivity contribution < 1.29 is 0 Å². The van der Waals surface area contributed by atoms with Gasteiger partial charge >= 0.3 is 0 Å². The van der Waals surface area contributed by atoms with Crippen molar-refractivity contribution >= 4 is 27.3 Å². The molecule has 0 atom stereocenters. The summed E-state index contributed by atoms with van der Waals surface area (Å²) in [5.74, 6) is 0. The van der Waals surface area contributed by atoms with Crippen molar-refractivity contribution in [2.45, 2.75) is 25.7 Å². The molecule has 0 unspecified atom stereocenters. The number of hydrogen-bond donors (Lipinski definition) is 0. The quantitative estimate of drug-likeness (QED) is 0.370. The van der Waals surface area contributed by atoms with Gasteiger partial charge in [-0.15, -0.1) is 0 Å². The van der Waals surface area contributed by atoms with Gasteiger partial charge in [0.25, 0.3) is 0 Å². The number of fused-ring (bicyclic) bond motifs is 6. The predicted molar refractivity (Wildman–Crippen MR) is 110 cm³/mol. The SMILES string of the molecule is c1ccc(-c2cc3nc4ccccc4cc3c3c4c(nn23)CCCC4)cc1. The molecule has 6 rings (SSSR count). The van der Waals surface area contributed by atoms with Gasteiger partial charge in [-0.05, 0) is 43.9 Å². The van der Waals surface area contributed by atoms with E-state index >= 15 is 0 Å². The summed E-state index contributed by atoms with van der Waals surface area (Å²) in [6.07, 6.45) is 4.66. The van der Waals surface area contributed by atoms with E-state index in [0.717, 1.165) is 29.6 Å². The van der Waals surface area contributed by atoms with E-state index in [-0.39, 0.29) is 0 Å². The summed E-state index contributed by atoms with van der Waals surface area (Å²) in [5, 5.41) is 7.45. The average molecular weight is 349 g/mol. The van der Waals surface area contributed by atoms with E-state index in [1.165, 1.54) is 46.0 Å². The van der Waals surface area contributed by atoms with E-state index in [2.05, 4.69) is 71.2 Å². The Morgan fingerprint density at radius 1 is 0.778 bits per heavy atom. The molecular formula is C24H19N3. The second-order valence-electron chi connectivity index (χ2n) is 7.40. The fourth-order valence-corrected chi connectivity index (χ4v) is 4.44. The van der Waals surface area contributed by atoms with Gasteiger partial charge in [-0.2, -0.15) is 5.10 Å². The van der Waals surface area contributed by atoms with Gasteiger partial charge in [0.2, 0.25) is 0 Å². The lowest BCUT2D eigenvalue weighted by atomic mass is 9.95. The number of aryl methyl sites for hydroxylation is 2. The van der Waals surface area contributed by atoms with Gasteiger partial charge < -0.3 is 0 Å². The first-order valence-electron chi connectivity index (χ1n) is 9.67.